The van der Waals surface area contributed by atoms with Crippen LogP contribution in [-0.2, 0) is 4.74 Å². The molecule has 0 aliphatic carbocycles. The summed E-state index contributed by atoms with van der Waals surface area (Å²) in [5, 5.41) is 0. The molecule has 0 spiro atoms. The van der Waals surface area contributed by atoms with Crippen LogP contribution in [0.4, 0.5) is 10.1 Å². The molecule has 2 unspecified atom stereocenters. The highest BCUT2D eigenvalue weighted by Gasteiger charge is 2.28. The van der Waals surface area contributed by atoms with E-state index in [1.807, 2.05) is 6.07 Å². The number of anilines is 1. The number of ketones is 1. The molecule has 25 heavy (non-hydrogen) atoms. The zero-order valence-electron chi connectivity index (χ0n) is 15.5. The third-order valence-corrected chi connectivity index (χ3v) is 5.31. The summed E-state index contributed by atoms with van der Waals surface area (Å²) in [5.41, 5.74) is 0.983. The van der Waals surface area contributed by atoms with Crippen molar-refractivity contribution < 1.29 is 13.9 Å². The van der Waals surface area contributed by atoms with Crippen LogP contribution in [0, 0.1) is 11.7 Å². The molecule has 3 rings (SSSR count). The molecule has 2 atom stereocenters. The first-order valence-corrected chi connectivity index (χ1v) is 9.36. The number of hydrogen-bond acceptors (Lipinski definition) is 4. The summed E-state index contributed by atoms with van der Waals surface area (Å²) in [4.78, 5) is 16.5. The van der Waals surface area contributed by atoms with Crippen LogP contribution in [-0.4, -0.2) is 55.6 Å². The Hall–Kier alpha value is -1.46. The van der Waals surface area contributed by atoms with Gasteiger partial charge in [-0.25, -0.2) is 4.39 Å². The smallest absolute Gasteiger partial charge is 0.164 e. The molecule has 1 aromatic carbocycles. The summed E-state index contributed by atoms with van der Waals surface area (Å²) in [6.07, 6.45) is 2.76. The standard InChI is InChI=1S/C20H29FN2O2/c1-14-11-22(12-15(2)25-14)13-17-7-9-23(10-8-17)19-6-4-5-18(21)20(19)16(3)24/h4-6,14-15,17H,7-13H2,1-3H3. The lowest BCUT2D eigenvalue weighted by atomic mass is 9.94. The van der Waals surface area contributed by atoms with Crippen molar-refractivity contribution in [1.29, 1.82) is 0 Å². The van der Waals surface area contributed by atoms with Gasteiger partial charge < -0.3 is 9.64 Å². The monoisotopic (exact) mass is 348 g/mol. The maximum Gasteiger partial charge on any atom is 0.164 e. The van der Waals surface area contributed by atoms with Gasteiger partial charge in [0.05, 0.1) is 23.5 Å². The molecule has 0 N–H and O–H groups in total. The van der Waals surface area contributed by atoms with E-state index >= 15 is 0 Å². The van der Waals surface area contributed by atoms with E-state index < -0.39 is 5.82 Å². The third-order valence-electron chi connectivity index (χ3n) is 5.31. The molecule has 0 saturated carbocycles. The quantitative estimate of drug-likeness (QED) is 0.781. The molecule has 2 fully saturated rings. The van der Waals surface area contributed by atoms with Crippen LogP contribution >= 0.6 is 0 Å². The number of piperidine rings is 1. The SMILES string of the molecule is CC(=O)c1c(F)cccc1N1CCC(CN2CC(C)OC(C)C2)CC1. The average molecular weight is 348 g/mol. The first kappa shape index (κ1) is 18.3. The lowest BCUT2D eigenvalue weighted by Crippen LogP contribution is -2.48. The van der Waals surface area contributed by atoms with E-state index in [1.54, 1.807) is 6.07 Å². The van der Waals surface area contributed by atoms with E-state index in [4.69, 9.17) is 4.74 Å². The number of nitrogens with zero attached hydrogens (tertiary/aromatic N) is 2. The number of Topliss-reactive ketones (excluding diaryl/α,β-unsaturated/α-hetero) is 1. The van der Waals surface area contributed by atoms with Crippen LogP contribution in [0.3, 0.4) is 0 Å². The van der Waals surface area contributed by atoms with E-state index in [1.165, 1.54) is 13.0 Å². The van der Waals surface area contributed by atoms with Crippen molar-refractivity contribution in [3.8, 4) is 0 Å². The van der Waals surface area contributed by atoms with Crippen molar-refractivity contribution in [1.82, 2.24) is 4.90 Å². The normalized spacial score (nSPS) is 26.0. The van der Waals surface area contributed by atoms with E-state index in [9.17, 15) is 9.18 Å². The second kappa shape index (κ2) is 7.83. The molecule has 0 radical (unpaired) electrons. The Bertz CT molecular complexity index is 604. The summed E-state index contributed by atoms with van der Waals surface area (Å²) < 4.78 is 19.9. The van der Waals surface area contributed by atoms with Gasteiger partial charge in [-0.2, -0.15) is 0 Å². The minimum absolute atomic E-state index is 0.202. The molecule has 2 aliphatic rings. The molecule has 2 heterocycles. The maximum atomic E-state index is 14.0. The van der Waals surface area contributed by atoms with Crippen molar-refractivity contribution in [2.45, 2.75) is 45.8 Å². The van der Waals surface area contributed by atoms with Crippen molar-refractivity contribution >= 4 is 11.5 Å². The number of rotatable bonds is 4. The highest BCUT2D eigenvalue weighted by atomic mass is 19.1. The first-order valence-electron chi connectivity index (χ1n) is 9.36. The van der Waals surface area contributed by atoms with Gasteiger partial charge in [0, 0.05) is 32.7 Å². The van der Waals surface area contributed by atoms with Crippen molar-refractivity contribution in [2.75, 3.05) is 37.6 Å². The van der Waals surface area contributed by atoms with Crippen LogP contribution in [0.2, 0.25) is 0 Å². The fourth-order valence-corrected chi connectivity index (χ4v) is 4.28. The Labute approximate surface area is 149 Å². The van der Waals surface area contributed by atoms with Crippen LogP contribution in [0.15, 0.2) is 18.2 Å². The second-order valence-electron chi connectivity index (χ2n) is 7.60. The fourth-order valence-electron chi connectivity index (χ4n) is 4.28. The third kappa shape index (κ3) is 4.39. The van der Waals surface area contributed by atoms with Gasteiger partial charge in [0.25, 0.3) is 0 Å². The van der Waals surface area contributed by atoms with Crippen molar-refractivity contribution in [3.05, 3.63) is 29.6 Å². The number of hydrogen-bond donors (Lipinski definition) is 0. The first-order chi connectivity index (χ1) is 11.9. The molecular weight excluding hydrogens is 319 g/mol. The summed E-state index contributed by atoms with van der Waals surface area (Å²) in [7, 11) is 0. The fraction of sp³-hybridized carbons (Fsp3) is 0.650. The largest absolute Gasteiger partial charge is 0.373 e. The number of morpholine rings is 1. The molecule has 0 aromatic heterocycles. The molecule has 1 aromatic rings. The molecule has 0 amide bonds. The molecular formula is C20H29FN2O2. The summed E-state index contributed by atoms with van der Waals surface area (Å²) in [6.45, 7) is 10.6. The van der Waals surface area contributed by atoms with Gasteiger partial charge in [-0.15, -0.1) is 0 Å². The minimum Gasteiger partial charge on any atom is -0.373 e. The lowest BCUT2D eigenvalue weighted by Gasteiger charge is -2.40. The van der Waals surface area contributed by atoms with Crippen LogP contribution in [0.5, 0.6) is 0 Å². The molecule has 2 aliphatic heterocycles. The van der Waals surface area contributed by atoms with Gasteiger partial charge in [0.1, 0.15) is 5.82 Å². The molecule has 0 bridgehead atoms. The number of carbonyl (C=O) groups excluding carboxylic acids is 1. The number of halogens is 1. The topological polar surface area (TPSA) is 32.8 Å². The van der Waals surface area contributed by atoms with Gasteiger partial charge in [0.15, 0.2) is 5.78 Å². The highest BCUT2D eigenvalue weighted by molar-refractivity contribution is 6.00. The Morgan fingerprint density at radius 1 is 1.20 bits per heavy atom. The van der Waals surface area contributed by atoms with E-state index in [-0.39, 0.29) is 11.3 Å². The molecule has 5 heteroatoms. The zero-order chi connectivity index (χ0) is 18.0. The Morgan fingerprint density at radius 3 is 2.44 bits per heavy atom. The van der Waals surface area contributed by atoms with E-state index in [0.29, 0.717) is 18.1 Å². The van der Waals surface area contributed by atoms with Crippen molar-refractivity contribution in [3.63, 3.8) is 0 Å². The number of carbonyl (C=O) groups is 1. The predicted octanol–water partition coefficient (Wildman–Crippen LogP) is 3.35. The lowest BCUT2D eigenvalue weighted by molar-refractivity contribution is -0.0720. The highest BCUT2D eigenvalue weighted by Crippen LogP contribution is 2.29. The van der Waals surface area contributed by atoms with Gasteiger partial charge in [0.2, 0.25) is 0 Å². The Balaban J connectivity index is 1.59. The van der Waals surface area contributed by atoms with Gasteiger partial charge in [-0.3, -0.25) is 9.69 Å². The van der Waals surface area contributed by atoms with E-state index in [2.05, 4.69) is 23.6 Å². The van der Waals surface area contributed by atoms with Crippen LogP contribution in [0.1, 0.15) is 44.0 Å². The second-order valence-corrected chi connectivity index (χ2v) is 7.60. The zero-order valence-corrected chi connectivity index (χ0v) is 15.5. The Kier molecular flexibility index (Phi) is 5.74. The summed E-state index contributed by atoms with van der Waals surface area (Å²) >= 11 is 0. The van der Waals surface area contributed by atoms with Gasteiger partial charge >= 0.3 is 0 Å². The number of ether oxygens (including phenoxy) is 1. The molecule has 138 valence electrons. The maximum absolute atomic E-state index is 14.0. The van der Waals surface area contributed by atoms with Gasteiger partial charge in [-0.1, -0.05) is 6.07 Å². The minimum atomic E-state index is -0.414. The van der Waals surface area contributed by atoms with Crippen LogP contribution < -0.4 is 4.90 Å². The average Bonchev–Trinajstić information content (AvgIpc) is 2.54. The number of benzene rings is 1. The Morgan fingerprint density at radius 2 is 1.84 bits per heavy atom. The van der Waals surface area contributed by atoms with Crippen LogP contribution in [0.25, 0.3) is 0 Å². The van der Waals surface area contributed by atoms with E-state index in [0.717, 1.165) is 51.3 Å². The summed E-state index contributed by atoms with van der Waals surface area (Å²) in [6, 6.07) is 4.93. The van der Waals surface area contributed by atoms with Gasteiger partial charge in [-0.05, 0) is 51.7 Å². The molecule has 2 saturated heterocycles. The predicted molar refractivity (Wildman–Crippen MR) is 97.8 cm³/mol. The summed E-state index contributed by atoms with van der Waals surface area (Å²) in [5.74, 6) is 0.0398. The molecule has 4 nitrogen and oxygen atoms in total. The van der Waals surface area contributed by atoms with Crippen molar-refractivity contribution in [2.24, 2.45) is 5.92 Å².